The van der Waals surface area contributed by atoms with Crippen molar-refractivity contribution in [2.75, 3.05) is 53.0 Å². The molecule has 1 atom stereocenters. The van der Waals surface area contributed by atoms with Crippen molar-refractivity contribution in [3.63, 3.8) is 0 Å². The van der Waals surface area contributed by atoms with Crippen molar-refractivity contribution in [1.82, 2.24) is 15.1 Å². The first kappa shape index (κ1) is 23.0. The third-order valence-corrected chi connectivity index (χ3v) is 5.52. The minimum atomic E-state index is 0. The van der Waals surface area contributed by atoms with Gasteiger partial charge in [0.25, 0.3) is 0 Å². The van der Waals surface area contributed by atoms with E-state index in [1.54, 1.807) is 0 Å². The summed E-state index contributed by atoms with van der Waals surface area (Å²) >= 11 is 0. The largest absolute Gasteiger partial charge is 0.381 e. The number of halogens is 1. The Morgan fingerprint density at radius 2 is 1.96 bits per heavy atom. The van der Waals surface area contributed by atoms with Gasteiger partial charge in [-0.3, -0.25) is 9.89 Å². The van der Waals surface area contributed by atoms with E-state index in [9.17, 15) is 0 Å². The summed E-state index contributed by atoms with van der Waals surface area (Å²) in [6.07, 6.45) is 7.67. The Labute approximate surface area is 172 Å². The van der Waals surface area contributed by atoms with E-state index in [-0.39, 0.29) is 24.0 Å². The van der Waals surface area contributed by atoms with E-state index < -0.39 is 0 Å². The second-order valence-corrected chi connectivity index (χ2v) is 7.24. The Morgan fingerprint density at radius 1 is 1.20 bits per heavy atom. The summed E-state index contributed by atoms with van der Waals surface area (Å²) in [6, 6.07) is 0.626. The van der Waals surface area contributed by atoms with E-state index in [0.29, 0.717) is 6.04 Å². The number of nitrogens with one attached hydrogen (secondary N) is 1. The van der Waals surface area contributed by atoms with Gasteiger partial charge in [-0.15, -0.1) is 24.0 Å². The fraction of sp³-hybridized carbons (Fsp3) is 0.947. The lowest BCUT2D eigenvalue weighted by Crippen LogP contribution is -2.44. The maximum absolute atomic E-state index is 5.46. The molecule has 2 saturated heterocycles. The van der Waals surface area contributed by atoms with Gasteiger partial charge in [0.05, 0.1) is 6.54 Å². The molecule has 1 unspecified atom stereocenters. The van der Waals surface area contributed by atoms with Gasteiger partial charge in [0.15, 0.2) is 5.96 Å². The van der Waals surface area contributed by atoms with Crippen LogP contribution in [0.2, 0.25) is 0 Å². The monoisotopic (exact) mass is 466 g/mol. The van der Waals surface area contributed by atoms with Gasteiger partial charge in [-0.05, 0) is 58.0 Å². The zero-order valence-electron chi connectivity index (χ0n) is 16.5. The fourth-order valence-corrected chi connectivity index (χ4v) is 3.86. The molecule has 2 rings (SSSR count). The van der Waals surface area contributed by atoms with Crippen LogP contribution in [0.4, 0.5) is 0 Å². The molecule has 2 aliphatic rings. The van der Waals surface area contributed by atoms with Crippen LogP contribution in [-0.2, 0) is 4.74 Å². The van der Waals surface area contributed by atoms with Gasteiger partial charge in [0.2, 0.25) is 0 Å². The second-order valence-electron chi connectivity index (χ2n) is 7.24. The maximum Gasteiger partial charge on any atom is 0.193 e. The number of hydrogen-bond donors (Lipinski definition) is 1. The van der Waals surface area contributed by atoms with Crippen LogP contribution >= 0.6 is 24.0 Å². The molecule has 0 spiro atoms. The highest BCUT2D eigenvalue weighted by atomic mass is 127. The summed E-state index contributed by atoms with van der Waals surface area (Å²) in [6.45, 7) is 11.6. The van der Waals surface area contributed by atoms with E-state index >= 15 is 0 Å². The molecule has 2 heterocycles. The van der Waals surface area contributed by atoms with Crippen LogP contribution in [0.5, 0.6) is 0 Å². The smallest absolute Gasteiger partial charge is 0.193 e. The molecule has 0 amide bonds. The van der Waals surface area contributed by atoms with Crippen LogP contribution in [-0.4, -0.2) is 74.8 Å². The third kappa shape index (κ3) is 7.99. The zero-order valence-corrected chi connectivity index (χ0v) is 18.8. The molecule has 0 aromatic carbocycles. The van der Waals surface area contributed by atoms with Crippen molar-refractivity contribution in [3.05, 3.63) is 0 Å². The number of guanidine groups is 1. The molecule has 0 bridgehead atoms. The van der Waals surface area contributed by atoms with Crippen molar-refractivity contribution in [2.24, 2.45) is 10.9 Å². The Kier molecular flexibility index (Phi) is 12.1. The average Bonchev–Trinajstić information content (AvgIpc) is 2.64. The highest BCUT2D eigenvalue weighted by molar-refractivity contribution is 14.0. The molecule has 6 heteroatoms. The molecule has 25 heavy (non-hydrogen) atoms. The van der Waals surface area contributed by atoms with E-state index in [1.807, 2.05) is 0 Å². The van der Waals surface area contributed by atoms with Gasteiger partial charge in [0.1, 0.15) is 0 Å². The van der Waals surface area contributed by atoms with Crippen LogP contribution in [0, 0.1) is 5.92 Å². The van der Waals surface area contributed by atoms with Crippen LogP contribution in [0.15, 0.2) is 4.99 Å². The van der Waals surface area contributed by atoms with Gasteiger partial charge in [0, 0.05) is 39.4 Å². The number of nitrogens with zero attached hydrogens (tertiary/aromatic N) is 3. The number of hydrogen-bond acceptors (Lipinski definition) is 3. The lowest BCUT2D eigenvalue weighted by molar-refractivity contribution is 0.0625. The number of ether oxygens (including phenoxy) is 1. The number of likely N-dealkylation sites (N-methyl/N-ethyl adjacent to an activating group) is 1. The molecule has 2 aliphatic heterocycles. The van der Waals surface area contributed by atoms with Gasteiger partial charge < -0.3 is 15.0 Å². The standard InChI is InChI=1S/C19H38N4O.HI/c1-4-20-19(21-16-18-8-6-7-12-23(18)5-2)22(3)13-9-17-10-14-24-15-11-17;/h17-18H,4-16H2,1-3H3,(H,20,21);1H. The van der Waals surface area contributed by atoms with Gasteiger partial charge in [-0.1, -0.05) is 13.3 Å². The number of likely N-dealkylation sites (tertiary alicyclic amines) is 1. The van der Waals surface area contributed by atoms with Crippen LogP contribution in [0.3, 0.4) is 0 Å². The summed E-state index contributed by atoms with van der Waals surface area (Å²) in [5.74, 6) is 1.89. The Balaban J connectivity index is 0.00000312. The molecule has 5 nitrogen and oxygen atoms in total. The van der Waals surface area contributed by atoms with Crippen LogP contribution in [0.1, 0.15) is 52.4 Å². The van der Waals surface area contributed by atoms with Gasteiger partial charge in [-0.25, -0.2) is 0 Å². The minimum absolute atomic E-state index is 0. The van der Waals surface area contributed by atoms with Crippen molar-refractivity contribution < 1.29 is 4.74 Å². The second kappa shape index (κ2) is 13.1. The third-order valence-electron chi connectivity index (χ3n) is 5.52. The predicted molar refractivity (Wildman–Crippen MR) is 117 cm³/mol. The number of aliphatic imine (C=N–C) groups is 1. The highest BCUT2D eigenvalue weighted by Gasteiger charge is 2.21. The fourth-order valence-electron chi connectivity index (χ4n) is 3.86. The molecule has 0 aromatic rings. The number of piperidine rings is 1. The van der Waals surface area contributed by atoms with Crippen LogP contribution in [0.25, 0.3) is 0 Å². The predicted octanol–water partition coefficient (Wildman–Crippen LogP) is 3.19. The SMILES string of the molecule is CCNC(=NCC1CCCCN1CC)N(C)CCC1CCOCC1.I. The molecule has 0 aliphatic carbocycles. The lowest BCUT2D eigenvalue weighted by Gasteiger charge is -2.34. The Hall–Kier alpha value is -0.0800. The Morgan fingerprint density at radius 3 is 2.64 bits per heavy atom. The minimum Gasteiger partial charge on any atom is -0.381 e. The van der Waals surface area contributed by atoms with Gasteiger partial charge >= 0.3 is 0 Å². The van der Waals surface area contributed by atoms with E-state index in [1.165, 1.54) is 45.1 Å². The first-order valence-electron chi connectivity index (χ1n) is 10.1. The zero-order chi connectivity index (χ0) is 17.2. The highest BCUT2D eigenvalue weighted by Crippen LogP contribution is 2.19. The summed E-state index contributed by atoms with van der Waals surface area (Å²) in [5, 5.41) is 3.48. The Bertz CT molecular complexity index is 374. The summed E-state index contributed by atoms with van der Waals surface area (Å²) < 4.78 is 5.46. The van der Waals surface area contributed by atoms with E-state index in [2.05, 4.69) is 36.0 Å². The quantitative estimate of drug-likeness (QED) is 0.356. The number of rotatable bonds is 7. The summed E-state index contributed by atoms with van der Waals surface area (Å²) in [7, 11) is 2.18. The topological polar surface area (TPSA) is 40.1 Å². The average molecular weight is 466 g/mol. The maximum atomic E-state index is 5.46. The van der Waals surface area contributed by atoms with Crippen molar-refractivity contribution in [1.29, 1.82) is 0 Å². The van der Waals surface area contributed by atoms with E-state index in [4.69, 9.17) is 9.73 Å². The molecule has 0 saturated carbocycles. The van der Waals surface area contributed by atoms with Gasteiger partial charge in [-0.2, -0.15) is 0 Å². The molecule has 1 N–H and O–H groups in total. The lowest BCUT2D eigenvalue weighted by atomic mass is 9.96. The molecule has 0 aromatic heterocycles. The molecule has 148 valence electrons. The van der Waals surface area contributed by atoms with Crippen molar-refractivity contribution in [2.45, 2.75) is 58.4 Å². The molecular formula is C19H39IN4O. The summed E-state index contributed by atoms with van der Waals surface area (Å²) in [4.78, 5) is 9.88. The first-order valence-corrected chi connectivity index (χ1v) is 10.1. The van der Waals surface area contributed by atoms with E-state index in [0.717, 1.165) is 51.3 Å². The normalized spacial score (nSPS) is 23.2. The van der Waals surface area contributed by atoms with Crippen LogP contribution < -0.4 is 5.32 Å². The molecule has 2 fully saturated rings. The first-order chi connectivity index (χ1) is 11.7. The van der Waals surface area contributed by atoms with Crippen molar-refractivity contribution in [3.8, 4) is 0 Å². The summed E-state index contributed by atoms with van der Waals surface area (Å²) in [5.41, 5.74) is 0. The van der Waals surface area contributed by atoms with Crippen molar-refractivity contribution >= 4 is 29.9 Å². The molecule has 0 radical (unpaired) electrons. The molecular weight excluding hydrogens is 427 g/mol.